The summed E-state index contributed by atoms with van der Waals surface area (Å²) >= 11 is 0. The number of hydrogen-bond acceptors (Lipinski definition) is 8. The molecule has 0 aromatic heterocycles. The summed E-state index contributed by atoms with van der Waals surface area (Å²) in [5, 5.41) is 0. The van der Waals surface area contributed by atoms with Gasteiger partial charge < -0.3 is 0 Å². The second-order valence-electron chi connectivity index (χ2n) is 16.0. The van der Waals surface area contributed by atoms with Gasteiger partial charge in [-0.2, -0.15) is 0 Å². The Morgan fingerprint density at radius 1 is 0.414 bits per heavy atom. The van der Waals surface area contributed by atoms with E-state index in [0.29, 0.717) is 46.7 Å². The SMILES string of the molecule is CC1=CC(=O)N(c2ccc(Cc3ccc(N4C(=O)C5C(C)(C4=O)C4C(=O)N(c6ccc(Cc7ccc(N8C(=O)C=C(C)C8=O)cc7)cc6)C(=O)C54C)cc3)cc2)C1=O. The van der Waals surface area contributed by atoms with E-state index in [9.17, 15) is 38.4 Å². The van der Waals surface area contributed by atoms with Crippen molar-refractivity contribution in [2.45, 2.75) is 40.5 Å². The molecule has 4 aromatic rings. The Hall–Kier alpha value is -7.08. The van der Waals surface area contributed by atoms with Crippen molar-refractivity contribution >= 4 is 70.0 Å². The van der Waals surface area contributed by atoms with E-state index in [0.717, 1.165) is 41.9 Å². The van der Waals surface area contributed by atoms with E-state index in [-0.39, 0.29) is 23.6 Å². The fraction of sp³-hybridized carbons (Fsp3) is 0.217. The molecule has 58 heavy (non-hydrogen) atoms. The molecule has 8 amide bonds. The van der Waals surface area contributed by atoms with E-state index in [1.165, 1.54) is 12.2 Å². The molecule has 12 nitrogen and oxygen atoms in total. The molecule has 0 N–H and O–H groups in total. The minimum absolute atomic E-state index is 0.347. The smallest absolute Gasteiger partial charge is 0.261 e. The van der Waals surface area contributed by atoms with Gasteiger partial charge in [0.2, 0.25) is 23.6 Å². The van der Waals surface area contributed by atoms with Crippen molar-refractivity contribution in [2.24, 2.45) is 22.7 Å². The summed E-state index contributed by atoms with van der Waals surface area (Å²) in [6.45, 7) is 6.42. The Balaban J connectivity index is 0.873. The van der Waals surface area contributed by atoms with Crippen LogP contribution in [-0.4, -0.2) is 47.3 Å². The molecule has 0 unspecified atom stereocenters. The lowest BCUT2D eigenvalue weighted by Crippen LogP contribution is -2.65. The molecule has 2 saturated heterocycles. The second kappa shape index (κ2) is 12.7. The van der Waals surface area contributed by atoms with Gasteiger partial charge >= 0.3 is 0 Å². The van der Waals surface area contributed by atoms with Crippen LogP contribution < -0.4 is 19.6 Å². The number of amides is 8. The van der Waals surface area contributed by atoms with Crippen LogP contribution >= 0.6 is 0 Å². The maximum Gasteiger partial charge on any atom is 0.261 e. The second-order valence-corrected chi connectivity index (χ2v) is 16.0. The molecule has 288 valence electrons. The number of anilines is 4. The summed E-state index contributed by atoms with van der Waals surface area (Å²) in [5.74, 6) is -5.54. The average Bonchev–Trinajstić information content (AvgIpc) is 3.74. The Kier molecular flexibility index (Phi) is 8.02. The first-order valence-electron chi connectivity index (χ1n) is 18.9. The van der Waals surface area contributed by atoms with Gasteiger partial charge in [-0.15, -0.1) is 0 Å². The summed E-state index contributed by atoms with van der Waals surface area (Å²) in [6, 6.07) is 28.2. The first-order valence-corrected chi connectivity index (χ1v) is 18.9. The molecule has 4 aliphatic heterocycles. The van der Waals surface area contributed by atoms with Crippen LogP contribution in [-0.2, 0) is 51.2 Å². The molecule has 0 radical (unpaired) electrons. The zero-order chi connectivity index (χ0) is 41.0. The minimum atomic E-state index is -1.40. The highest BCUT2D eigenvalue weighted by Gasteiger charge is 2.85. The minimum Gasteiger partial charge on any atom is -0.274 e. The summed E-state index contributed by atoms with van der Waals surface area (Å²) in [4.78, 5) is 110. The van der Waals surface area contributed by atoms with Crippen molar-refractivity contribution in [3.05, 3.63) is 143 Å². The highest BCUT2D eigenvalue weighted by Crippen LogP contribution is 2.71. The lowest BCUT2D eigenvalue weighted by Gasteiger charge is -2.53. The van der Waals surface area contributed by atoms with Crippen LogP contribution in [0.4, 0.5) is 22.7 Å². The van der Waals surface area contributed by atoms with E-state index in [1.54, 1.807) is 76.2 Å². The maximum absolute atomic E-state index is 14.2. The summed E-state index contributed by atoms with van der Waals surface area (Å²) in [5.41, 5.74) is 3.28. The van der Waals surface area contributed by atoms with Crippen molar-refractivity contribution < 1.29 is 38.4 Å². The molecule has 1 saturated carbocycles. The third-order valence-corrected chi connectivity index (χ3v) is 12.5. The first kappa shape index (κ1) is 36.6. The van der Waals surface area contributed by atoms with Crippen molar-refractivity contribution in [1.82, 2.24) is 0 Å². The number of nitrogens with zero attached hydrogens (tertiary/aromatic N) is 4. The molecule has 5 aliphatic rings. The molecule has 12 heteroatoms. The van der Waals surface area contributed by atoms with Crippen molar-refractivity contribution in [3.63, 3.8) is 0 Å². The average molecular weight is 773 g/mol. The normalized spacial score (nSPS) is 25.2. The predicted molar refractivity (Wildman–Crippen MR) is 212 cm³/mol. The standard InChI is InChI=1S/C46H36N4O8/c1-25-21-35(51)47(39(25)53)31-13-5-27(6-14-31)23-29-9-17-33(18-10-29)49-41(55)37-45(3,43(49)57)38-42(56)50(44(58)46(37,38)4)34-19-11-30(12-20-34)24-28-7-15-32(16-8-28)48-36(52)22-26(2)40(48)54/h5-22,37-38H,23-24H2,1-4H3. The largest absolute Gasteiger partial charge is 0.274 e. The highest BCUT2D eigenvalue weighted by molar-refractivity contribution is 6.35. The lowest BCUT2D eigenvalue weighted by molar-refractivity contribution is -0.179. The van der Waals surface area contributed by atoms with Gasteiger partial charge in [-0.05, 0) is 111 Å². The van der Waals surface area contributed by atoms with Crippen LogP contribution in [0.3, 0.4) is 0 Å². The molecular weight excluding hydrogens is 737 g/mol. The van der Waals surface area contributed by atoms with Gasteiger partial charge in [-0.1, -0.05) is 48.5 Å². The Morgan fingerprint density at radius 2 is 0.672 bits per heavy atom. The fourth-order valence-corrected chi connectivity index (χ4v) is 9.62. The number of carbonyl (C=O) groups excluding carboxylic acids is 8. The third-order valence-electron chi connectivity index (χ3n) is 12.5. The van der Waals surface area contributed by atoms with Gasteiger partial charge in [-0.25, -0.2) is 19.6 Å². The summed E-state index contributed by atoms with van der Waals surface area (Å²) < 4.78 is 0. The van der Waals surface area contributed by atoms with Crippen LogP contribution in [0.5, 0.6) is 0 Å². The molecule has 1 aliphatic carbocycles. The highest BCUT2D eigenvalue weighted by atomic mass is 16.2. The Morgan fingerprint density at radius 3 is 0.914 bits per heavy atom. The molecule has 3 fully saturated rings. The number of rotatable bonds is 8. The molecule has 4 aromatic carbocycles. The van der Waals surface area contributed by atoms with E-state index in [1.807, 2.05) is 48.5 Å². The van der Waals surface area contributed by atoms with Gasteiger partial charge in [0.25, 0.3) is 23.6 Å². The quantitative estimate of drug-likeness (QED) is 0.222. The first-order chi connectivity index (χ1) is 27.6. The van der Waals surface area contributed by atoms with E-state index < -0.39 is 46.3 Å². The van der Waals surface area contributed by atoms with Crippen LogP contribution in [0.25, 0.3) is 0 Å². The number of imide groups is 4. The predicted octanol–water partition coefficient (Wildman–Crippen LogP) is 5.21. The van der Waals surface area contributed by atoms with Crippen LogP contribution in [0, 0.1) is 22.7 Å². The summed E-state index contributed by atoms with van der Waals surface area (Å²) in [6.07, 6.45) is 3.65. The molecule has 0 bridgehead atoms. The van der Waals surface area contributed by atoms with Crippen LogP contribution in [0.1, 0.15) is 49.9 Å². The van der Waals surface area contributed by atoms with Crippen LogP contribution in [0.2, 0.25) is 0 Å². The van der Waals surface area contributed by atoms with Crippen LogP contribution in [0.15, 0.2) is 120 Å². The zero-order valence-corrected chi connectivity index (χ0v) is 32.0. The zero-order valence-electron chi connectivity index (χ0n) is 32.0. The molecule has 4 heterocycles. The molecule has 0 spiro atoms. The lowest BCUT2D eigenvalue weighted by atomic mass is 9.41. The Bertz CT molecular complexity index is 2430. The van der Waals surface area contributed by atoms with Gasteiger partial charge in [-0.3, -0.25) is 38.4 Å². The molecule has 0 atom stereocenters. The van der Waals surface area contributed by atoms with E-state index in [2.05, 4.69) is 0 Å². The van der Waals surface area contributed by atoms with E-state index in [4.69, 9.17) is 0 Å². The monoisotopic (exact) mass is 772 g/mol. The number of fused-ring (bicyclic) bond motifs is 4. The van der Waals surface area contributed by atoms with Gasteiger partial charge in [0, 0.05) is 23.3 Å². The maximum atomic E-state index is 14.2. The topological polar surface area (TPSA) is 150 Å². The molecule has 9 rings (SSSR count). The molecular formula is C46H36N4O8. The third kappa shape index (κ3) is 5.07. The van der Waals surface area contributed by atoms with Gasteiger partial charge in [0.15, 0.2) is 0 Å². The number of benzene rings is 4. The Labute approximate surface area is 333 Å². The fourth-order valence-electron chi connectivity index (χ4n) is 9.62. The summed E-state index contributed by atoms with van der Waals surface area (Å²) in [7, 11) is 0. The number of carbonyl (C=O) groups is 8. The van der Waals surface area contributed by atoms with Gasteiger partial charge in [0.05, 0.1) is 45.4 Å². The van der Waals surface area contributed by atoms with Crippen molar-refractivity contribution in [2.75, 3.05) is 19.6 Å². The van der Waals surface area contributed by atoms with Crippen molar-refractivity contribution in [1.29, 1.82) is 0 Å². The van der Waals surface area contributed by atoms with Crippen molar-refractivity contribution in [3.8, 4) is 0 Å². The number of hydrogen-bond donors (Lipinski definition) is 0. The van der Waals surface area contributed by atoms with Gasteiger partial charge in [0.1, 0.15) is 0 Å². The van der Waals surface area contributed by atoms with E-state index >= 15 is 0 Å².